The summed E-state index contributed by atoms with van der Waals surface area (Å²) in [5.74, 6) is 1.22. The highest BCUT2D eigenvalue weighted by atomic mass is 16.6. The van der Waals surface area contributed by atoms with Gasteiger partial charge in [0.2, 0.25) is 0 Å². The van der Waals surface area contributed by atoms with E-state index in [0.29, 0.717) is 28.9 Å². The standard InChI is InChI=1S/C26H26N6O3/c1-16(2)34-26(33)30-19-8-6-18(7-9-19)24-22(13-27)21-11-10-20(35-25-28-15-29-31(25)3)12-23(21)32(24)14-17-4-5-17/h6-12,15-17H,4-5,14H2,1-3H3,(H,30,33). The number of aryl methyl sites for hydroxylation is 1. The van der Waals surface area contributed by atoms with Crippen molar-refractivity contribution in [1.29, 1.82) is 5.26 Å². The second-order valence-electron chi connectivity index (χ2n) is 8.99. The number of carbonyl (C=O) groups excluding carboxylic acids is 1. The zero-order chi connectivity index (χ0) is 24.5. The van der Waals surface area contributed by atoms with Crippen LogP contribution in [-0.2, 0) is 18.3 Å². The monoisotopic (exact) mass is 470 g/mol. The molecule has 5 rings (SSSR count). The molecule has 1 aliphatic carbocycles. The molecule has 1 N–H and O–H groups in total. The molecular formula is C26H26N6O3. The number of benzene rings is 2. The number of anilines is 1. The van der Waals surface area contributed by atoms with Crippen molar-refractivity contribution in [1.82, 2.24) is 19.3 Å². The molecule has 35 heavy (non-hydrogen) atoms. The van der Waals surface area contributed by atoms with Crippen molar-refractivity contribution in [3.05, 3.63) is 54.4 Å². The Bertz CT molecular complexity index is 1420. The highest BCUT2D eigenvalue weighted by Gasteiger charge is 2.27. The van der Waals surface area contributed by atoms with Crippen LogP contribution in [0.5, 0.6) is 11.8 Å². The van der Waals surface area contributed by atoms with Gasteiger partial charge >= 0.3 is 12.1 Å². The van der Waals surface area contributed by atoms with Crippen molar-refractivity contribution >= 4 is 22.7 Å². The fourth-order valence-electron chi connectivity index (χ4n) is 4.11. The van der Waals surface area contributed by atoms with Crippen molar-refractivity contribution < 1.29 is 14.3 Å². The smallest absolute Gasteiger partial charge is 0.411 e. The van der Waals surface area contributed by atoms with Gasteiger partial charge < -0.3 is 14.0 Å². The predicted molar refractivity (Wildman–Crippen MR) is 131 cm³/mol. The number of rotatable bonds is 7. The Balaban J connectivity index is 1.54. The second kappa shape index (κ2) is 9.14. The molecular weight excluding hydrogens is 444 g/mol. The van der Waals surface area contributed by atoms with Crippen molar-refractivity contribution in [3.8, 4) is 29.1 Å². The molecule has 4 aromatic rings. The van der Waals surface area contributed by atoms with Crippen LogP contribution in [0.15, 0.2) is 48.8 Å². The first-order valence-electron chi connectivity index (χ1n) is 11.6. The van der Waals surface area contributed by atoms with Gasteiger partial charge in [0.1, 0.15) is 18.1 Å². The van der Waals surface area contributed by atoms with E-state index in [0.717, 1.165) is 28.7 Å². The summed E-state index contributed by atoms with van der Waals surface area (Å²) in [6, 6.07) is 16.0. The van der Waals surface area contributed by atoms with Crippen LogP contribution >= 0.6 is 0 Å². The second-order valence-corrected chi connectivity index (χ2v) is 8.99. The van der Waals surface area contributed by atoms with Gasteiger partial charge in [0.05, 0.1) is 22.9 Å². The Morgan fingerprint density at radius 2 is 2.00 bits per heavy atom. The average molecular weight is 471 g/mol. The highest BCUT2D eigenvalue weighted by molar-refractivity contribution is 5.95. The largest absolute Gasteiger partial charge is 0.447 e. The van der Waals surface area contributed by atoms with Gasteiger partial charge in [-0.15, -0.1) is 0 Å². The van der Waals surface area contributed by atoms with Crippen molar-refractivity contribution in [3.63, 3.8) is 0 Å². The lowest BCUT2D eigenvalue weighted by atomic mass is 10.1. The summed E-state index contributed by atoms with van der Waals surface area (Å²) in [4.78, 5) is 16.1. The summed E-state index contributed by atoms with van der Waals surface area (Å²) < 4.78 is 14.9. The van der Waals surface area contributed by atoms with Crippen LogP contribution in [0.2, 0.25) is 0 Å². The van der Waals surface area contributed by atoms with E-state index in [-0.39, 0.29) is 6.10 Å². The molecule has 0 atom stereocenters. The number of hydrogen-bond donors (Lipinski definition) is 1. The maximum Gasteiger partial charge on any atom is 0.411 e. The summed E-state index contributed by atoms with van der Waals surface area (Å²) in [5, 5.41) is 17.8. The molecule has 9 nitrogen and oxygen atoms in total. The molecule has 178 valence electrons. The number of nitriles is 1. The third-order valence-electron chi connectivity index (χ3n) is 5.91. The van der Waals surface area contributed by atoms with E-state index in [1.807, 2.05) is 42.5 Å². The van der Waals surface area contributed by atoms with E-state index in [1.54, 1.807) is 25.6 Å². The van der Waals surface area contributed by atoms with Crippen molar-refractivity contribution in [2.45, 2.75) is 39.3 Å². The molecule has 0 bridgehead atoms. The van der Waals surface area contributed by atoms with Gasteiger partial charge in [-0.05, 0) is 62.4 Å². The number of nitrogens with zero attached hydrogens (tertiary/aromatic N) is 5. The van der Waals surface area contributed by atoms with E-state index in [9.17, 15) is 10.1 Å². The van der Waals surface area contributed by atoms with Crippen LogP contribution in [0.4, 0.5) is 10.5 Å². The lowest BCUT2D eigenvalue weighted by Crippen LogP contribution is -2.17. The molecule has 2 heterocycles. The average Bonchev–Trinajstić information content (AvgIpc) is 3.48. The van der Waals surface area contributed by atoms with Crippen LogP contribution in [0, 0.1) is 17.2 Å². The van der Waals surface area contributed by atoms with E-state index in [1.165, 1.54) is 19.2 Å². The number of ether oxygens (including phenoxy) is 2. The molecule has 0 saturated heterocycles. The molecule has 0 radical (unpaired) electrons. The quantitative estimate of drug-likeness (QED) is 0.384. The summed E-state index contributed by atoms with van der Waals surface area (Å²) in [7, 11) is 1.77. The van der Waals surface area contributed by atoms with Gasteiger partial charge in [-0.3, -0.25) is 5.32 Å². The Morgan fingerprint density at radius 1 is 1.23 bits per heavy atom. The lowest BCUT2D eigenvalue weighted by molar-refractivity contribution is 0.130. The Labute approximate surface area is 202 Å². The SMILES string of the molecule is CC(C)OC(=O)Nc1ccc(-c2c(C#N)c3ccc(Oc4ncnn4C)cc3n2CC2CC2)cc1. The number of aromatic nitrogens is 4. The summed E-state index contributed by atoms with van der Waals surface area (Å²) >= 11 is 0. The number of nitrogens with one attached hydrogen (secondary N) is 1. The molecule has 9 heteroatoms. The molecule has 1 amide bonds. The Kier molecular flexibility index (Phi) is 5.87. The van der Waals surface area contributed by atoms with Gasteiger partial charge in [-0.1, -0.05) is 12.1 Å². The predicted octanol–water partition coefficient (Wildman–Crippen LogP) is 5.47. The minimum absolute atomic E-state index is 0.201. The molecule has 1 saturated carbocycles. The van der Waals surface area contributed by atoms with Crippen LogP contribution < -0.4 is 10.1 Å². The molecule has 0 aliphatic heterocycles. The van der Waals surface area contributed by atoms with Crippen molar-refractivity contribution in [2.24, 2.45) is 13.0 Å². The van der Waals surface area contributed by atoms with E-state index in [4.69, 9.17) is 9.47 Å². The van der Waals surface area contributed by atoms with Gasteiger partial charge in [0.15, 0.2) is 0 Å². The first kappa shape index (κ1) is 22.5. The normalized spacial score (nSPS) is 13.1. The summed E-state index contributed by atoms with van der Waals surface area (Å²) in [6.45, 7) is 4.42. The molecule has 2 aromatic carbocycles. The van der Waals surface area contributed by atoms with Gasteiger partial charge in [-0.2, -0.15) is 15.3 Å². The molecule has 0 unspecified atom stereocenters. The first-order chi connectivity index (χ1) is 16.9. The molecule has 2 aromatic heterocycles. The van der Waals surface area contributed by atoms with Crippen LogP contribution in [-0.4, -0.2) is 31.5 Å². The molecule has 1 fully saturated rings. The first-order valence-corrected chi connectivity index (χ1v) is 11.6. The zero-order valence-corrected chi connectivity index (χ0v) is 19.9. The fraction of sp³-hybridized carbons (Fsp3) is 0.308. The van der Waals surface area contributed by atoms with Gasteiger partial charge in [0.25, 0.3) is 0 Å². The number of amides is 1. The van der Waals surface area contributed by atoms with Gasteiger partial charge in [0, 0.05) is 30.7 Å². The van der Waals surface area contributed by atoms with E-state index >= 15 is 0 Å². The van der Waals surface area contributed by atoms with E-state index < -0.39 is 6.09 Å². The molecule has 0 spiro atoms. The zero-order valence-electron chi connectivity index (χ0n) is 19.9. The van der Waals surface area contributed by atoms with Crippen LogP contribution in [0.3, 0.4) is 0 Å². The molecule has 1 aliphatic rings. The summed E-state index contributed by atoms with van der Waals surface area (Å²) in [6.07, 6.45) is 3.10. The summed E-state index contributed by atoms with van der Waals surface area (Å²) in [5.41, 5.74) is 3.94. The van der Waals surface area contributed by atoms with Crippen molar-refractivity contribution in [2.75, 3.05) is 5.32 Å². The maximum absolute atomic E-state index is 11.9. The number of hydrogen-bond acceptors (Lipinski definition) is 6. The minimum atomic E-state index is -0.497. The topological polar surface area (TPSA) is 107 Å². The highest BCUT2D eigenvalue weighted by Crippen LogP contribution is 2.40. The lowest BCUT2D eigenvalue weighted by Gasteiger charge is -2.13. The van der Waals surface area contributed by atoms with Gasteiger partial charge in [-0.25, -0.2) is 9.48 Å². The Morgan fingerprint density at radius 3 is 2.63 bits per heavy atom. The maximum atomic E-state index is 11.9. The van der Waals surface area contributed by atoms with Crippen LogP contribution in [0.25, 0.3) is 22.2 Å². The number of fused-ring (bicyclic) bond motifs is 1. The van der Waals surface area contributed by atoms with Crippen LogP contribution in [0.1, 0.15) is 32.3 Å². The third-order valence-corrected chi connectivity index (χ3v) is 5.91. The number of carbonyl (C=O) groups is 1. The Hall–Kier alpha value is -4.32. The fourth-order valence-corrected chi connectivity index (χ4v) is 4.11. The minimum Gasteiger partial charge on any atom is -0.447 e. The third kappa shape index (κ3) is 4.68. The van der Waals surface area contributed by atoms with E-state index in [2.05, 4.69) is 26.0 Å².